The highest BCUT2D eigenvalue weighted by Gasteiger charge is 2.38. The van der Waals surface area contributed by atoms with E-state index in [-0.39, 0.29) is 0 Å². The lowest BCUT2D eigenvalue weighted by Gasteiger charge is -2.50. The first-order valence-corrected chi connectivity index (χ1v) is 7.06. The molecule has 1 N–H and O–H groups in total. The summed E-state index contributed by atoms with van der Waals surface area (Å²) >= 11 is 0. The van der Waals surface area contributed by atoms with E-state index >= 15 is 0 Å². The highest BCUT2D eigenvalue weighted by molar-refractivity contribution is 4.96. The summed E-state index contributed by atoms with van der Waals surface area (Å²) in [6, 6.07) is 1.26. The van der Waals surface area contributed by atoms with Crippen LogP contribution in [0.2, 0.25) is 0 Å². The van der Waals surface area contributed by atoms with E-state index in [9.17, 15) is 0 Å². The largest absolute Gasteiger partial charge is 0.385 e. The van der Waals surface area contributed by atoms with E-state index in [4.69, 9.17) is 4.74 Å². The first-order chi connectivity index (χ1) is 8.07. The molecule has 1 aliphatic rings. The molecule has 0 aromatic heterocycles. The van der Waals surface area contributed by atoms with Gasteiger partial charge in [0.25, 0.3) is 0 Å². The second-order valence-electron chi connectivity index (χ2n) is 5.62. The fraction of sp³-hybridized carbons (Fsp3) is 1.00. The summed E-state index contributed by atoms with van der Waals surface area (Å²) in [5.41, 5.74) is 0.304. The number of nitrogens with one attached hydrogen (secondary N) is 1. The molecular weight excluding hydrogens is 212 g/mol. The lowest BCUT2D eigenvalue weighted by atomic mass is 9.89. The third-order valence-electron chi connectivity index (χ3n) is 4.41. The minimum atomic E-state index is 0.304. The van der Waals surface area contributed by atoms with Crippen molar-refractivity contribution in [1.29, 1.82) is 0 Å². The van der Waals surface area contributed by atoms with Gasteiger partial charge in [-0.1, -0.05) is 13.8 Å². The summed E-state index contributed by atoms with van der Waals surface area (Å²) in [5, 5.41) is 3.68. The predicted octanol–water partition coefficient (Wildman–Crippen LogP) is 2.26. The molecule has 102 valence electrons. The molecule has 0 aromatic rings. The quantitative estimate of drug-likeness (QED) is 0.773. The lowest BCUT2D eigenvalue weighted by Crippen LogP contribution is -2.65. The minimum Gasteiger partial charge on any atom is -0.385 e. The Morgan fingerprint density at radius 2 is 2.18 bits per heavy atom. The van der Waals surface area contributed by atoms with Gasteiger partial charge in [0, 0.05) is 44.4 Å². The number of nitrogens with zero attached hydrogens (tertiary/aromatic N) is 1. The SMILES string of the molecule is CCC1CN(C(C)CCOC)C(C)(CC)CN1. The van der Waals surface area contributed by atoms with Crippen LogP contribution in [0.3, 0.4) is 0 Å². The standard InChI is InChI=1S/C14H30N2O/c1-6-13-10-16(12(3)8-9-17-5)14(4,7-2)11-15-13/h12-13,15H,6-11H2,1-5H3. The van der Waals surface area contributed by atoms with Crippen LogP contribution in [-0.4, -0.2) is 49.3 Å². The molecule has 0 radical (unpaired) electrons. The molecule has 0 spiro atoms. The normalized spacial score (nSPS) is 32.6. The maximum atomic E-state index is 5.22. The molecule has 0 amide bonds. The van der Waals surface area contributed by atoms with Crippen LogP contribution in [0, 0.1) is 0 Å². The van der Waals surface area contributed by atoms with Crippen LogP contribution in [0.5, 0.6) is 0 Å². The Balaban J connectivity index is 2.66. The first kappa shape index (κ1) is 14.9. The molecule has 3 nitrogen and oxygen atoms in total. The van der Waals surface area contributed by atoms with E-state index < -0.39 is 0 Å². The second-order valence-corrected chi connectivity index (χ2v) is 5.62. The molecule has 3 atom stereocenters. The molecule has 1 aliphatic heterocycles. The van der Waals surface area contributed by atoms with E-state index in [0.717, 1.165) is 19.6 Å². The molecule has 3 heteroatoms. The van der Waals surface area contributed by atoms with Crippen LogP contribution >= 0.6 is 0 Å². The summed E-state index contributed by atoms with van der Waals surface area (Å²) in [6.07, 6.45) is 3.55. The van der Waals surface area contributed by atoms with Gasteiger partial charge < -0.3 is 10.1 Å². The number of piperazine rings is 1. The number of methoxy groups -OCH3 is 1. The van der Waals surface area contributed by atoms with E-state index in [1.807, 2.05) is 0 Å². The molecule has 1 heterocycles. The van der Waals surface area contributed by atoms with Crippen molar-refractivity contribution in [2.75, 3.05) is 26.8 Å². The maximum Gasteiger partial charge on any atom is 0.0477 e. The van der Waals surface area contributed by atoms with Gasteiger partial charge in [0.15, 0.2) is 0 Å². The van der Waals surface area contributed by atoms with E-state index in [2.05, 4.69) is 37.9 Å². The molecule has 0 aromatic carbocycles. The van der Waals surface area contributed by atoms with Crippen LogP contribution in [-0.2, 0) is 4.74 Å². The van der Waals surface area contributed by atoms with Gasteiger partial charge >= 0.3 is 0 Å². The molecule has 0 bridgehead atoms. The Kier molecular flexibility index (Phi) is 5.90. The van der Waals surface area contributed by atoms with Crippen molar-refractivity contribution in [2.24, 2.45) is 0 Å². The summed E-state index contributed by atoms with van der Waals surface area (Å²) in [7, 11) is 1.79. The summed E-state index contributed by atoms with van der Waals surface area (Å²) in [4.78, 5) is 2.69. The van der Waals surface area contributed by atoms with Gasteiger partial charge in [-0.3, -0.25) is 4.90 Å². The molecule has 1 saturated heterocycles. The van der Waals surface area contributed by atoms with E-state index in [1.54, 1.807) is 7.11 Å². The van der Waals surface area contributed by atoms with Crippen molar-refractivity contribution < 1.29 is 4.74 Å². The number of hydrogen-bond acceptors (Lipinski definition) is 3. The molecule has 1 rings (SSSR count). The number of rotatable bonds is 6. The van der Waals surface area contributed by atoms with Crippen molar-refractivity contribution in [1.82, 2.24) is 10.2 Å². The molecule has 3 unspecified atom stereocenters. The van der Waals surface area contributed by atoms with Gasteiger partial charge in [-0.25, -0.2) is 0 Å². The van der Waals surface area contributed by atoms with Gasteiger partial charge in [0.1, 0.15) is 0 Å². The lowest BCUT2D eigenvalue weighted by molar-refractivity contribution is 0.00498. The topological polar surface area (TPSA) is 24.5 Å². The predicted molar refractivity (Wildman–Crippen MR) is 73.4 cm³/mol. The Bertz CT molecular complexity index is 222. The monoisotopic (exact) mass is 242 g/mol. The molecule has 1 fully saturated rings. The van der Waals surface area contributed by atoms with Crippen LogP contribution in [0.25, 0.3) is 0 Å². The smallest absolute Gasteiger partial charge is 0.0477 e. The van der Waals surface area contributed by atoms with E-state index in [1.165, 1.54) is 19.4 Å². The molecule has 17 heavy (non-hydrogen) atoms. The Labute approximate surface area is 107 Å². The van der Waals surface area contributed by atoms with Crippen molar-refractivity contribution in [3.63, 3.8) is 0 Å². The Hall–Kier alpha value is -0.120. The average Bonchev–Trinajstić information content (AvgIpc) is 2.36. The van der Waals surface area contributed by atoms with Crippen molar-refractivity contribution in [3.8, 4) is 0 Å². The first-order valence-electron chi connectivity index (χ1n) is 7.06. The number of ether oxygens (including phenoxy) is 1. The minimum absolute atomic E-state index is 0.304. The van der Waals surface area contributed by atoms with Crippen LogP contribution < -0.4 is 5.32 Å². The van der Waals surface area contributed by atoms with Gasteiger partial charge in [-0.2, -0.15) is 0 Å². The van der Waals surface area contributed by atoms with Crippen LogP contribution in [0.1, 0.15) is 47.0 Å². The van der Waals surface area contributed by atoms with E-state index in [0.29, 0.717) is 17.6 Å². The van der Waals surface area contributed by atoms with Gasteiger partial charge in [0.2, 0.25) is 0 Å². The Morgan fingerprint density at radius 3 is 2.71 bits per heavy atom. The zero-order valence-electron chi connectivity index (χ0n) is 12.3. The zero-order valence-corrected chi connectivity index (χ0v) is 12.3. The number of hydrogen-bond donors (Lipinski definition) is 1. The molecule has 0 aliphatic carbocycles. The van der Waals surface area contributed by atoms with Gasteiger partial charge in [0.05, 0.1) is 0 Å². The summed E-state index contributed by atoms with van der Waals surface area (Å²) in [5.74, 6) is 0. The van der Waals surface area contributed by atoms with Crippen LogP contribution in [0.15, 0.2) is 0 Å². The van der Waals surface area contributed by atoms with Crippen LogP contribution in [0.4, 0.5) is 0 Å². The van der Waals surface area contributed by atoms with Crippen molar-refractivity contribution >= 4 is 0 Å². The highest BCUT2D eigenvalue weighted by atomic mass is 16.5. The molecule has 0 saturated carbocycles. The fourth-order valence-electron chi connectivity index (χ4n) is 2.75. The fourth-order valence-corrected chi connectivity index (χ4v) is 2.75. The molecular formula is C14H30N2O. The average molecular weight is 242 g/mol. The maximum absolute atomic E-state index is 5.22. The van der Waals surface area contributed by atoms with Crippen molar-refractivity contribution in [3.05, 3.63) is 0 Å². The summed E-state index contributed by atoms with van der Waals surface area (Å²) in [6.45, 7) is 12.4. The third-order valence-corrected chi connectivity index (χ3v) is 4.41. The second kappa shape index (κ2) is 6.72. The van der Waals surface area contributed by atoms with Gasteiger partial charge in [-0.05, 0) is 33.1 Å². The van der Waals surface area contributed by atoms with Gasteiger partial charge in [-0.15, -0.1) is 0 Å². The third kappa shape index (κ3) is 3.67. The zero-order chi connectivity index (χ0) is 12.9. The Morgan fingerprint density at radius 1 is 1.47 bits per heavy atom. The summed E-state index contributed by atoms with van der Waals surface area (Å²) < 4.78 is 5.22. The highest BCUT2D eigenvalue weighted by Crippen LogP contribution is 2.27. The van der Waals surface area contributed by atoms with Crippen molar-refractivity contribution in [2.45, 2.75) is 64.6 Å².